The zero-order chi connectivity index (χ0) is 15.1. The molecule has 4 N–H and O–H groups in total. The Hall–Kier alpha value is -1.41. The summed E-state index contributed by atoms with van der Waals surface area (Å²) in [6, 6.07) is 3.20. The summed E-state index contributed by atoms with van der Waals surface area (Å²) in [4.78, 5) is 15.5. The quantitative estimate of drug-likeness (QED) is 0.620. The molecular formula is C12H14BrN3O3S. The Balaban J connectivity index is 2.64. The van der Waals surface area contributed by atoms with Gasteiger partial charge in [0.1, 0.15) is 0 Å². The molecule has 2 rings (SSSR count). The number of hydrogen-bond donors (Lipinski definition) is 2. The Bertz CT molecular complexity index is 705. The molecule has 0 atom stereocenters. The molecule has 1 aromatic carbocycles. The summed E-state index contributed by atoms with van der Waals surface area (Å²) >= 11 is 3.20. The average Bonchev–Trinajstić information content (AvgIpc) is 3.08. The smallest absolute Gasteiger partial charge is 0.281 e. The van der Waals surface area contributed by atoms with E-state index >= 15 is 0 Å². The van der Waals surface area contributed by atoms with Crippen LogP contribution in [0.4, 0.5) is 0 Å². The predicted octanol–water partition coefficient (Wildman–Crippen LogP) is 1.14. The van der Waals surface area contributed by atoms with Crippen LogP contribution in [-0.4, -0.2) is 26.5 Å². The topological polar surface area (TPSA) is 116 Å². The fourth-order valence-corrected chi connectivity index (χ4v) is 4.52. The normalized spacial score (nSPS) is 14.9. The molecule has 0 unspecified atom stereocenters. The largest absolute Gasteiger partial charge is 0.370 e. The van der Waals surface area contributed by atoms with Crippen molar-refractivity contribution in [2.45, 2.75) is 23.7 Å². The van der Waals surface area contributed by atoms with Crippen LogP contribution in [0.25, 0.3) is 0 Å². The SMILES string of the molecule is CS(=O)(=O)c1c(C2CC2)ccc(C(=O)N=C(N)N)c1Br. The zero-order valence-electron chi connectivity index (χ0n) is 10.8. The number of benzene rings is 1. The summed E-state index contributed by atoms with van der Waals surface area (Å²) in [5, 5.41) is 0. The fourth-order valence-electron chi connectivity index (χ4n) is 2.01. The second-order valence-corrected chi connectivity index (χ2v) is 7.48. The summed E-state index contributed by atoms with van der Waals surface area (Å²) in [6.07, 6.45) is 3.03. The van der Waals surface area contributed by atoms with Crippen molar-refractivity contribution in [3.63, 3.8) is 0 Å². The predicted molar refractivity (Wildman–Crippen MR) is 79.4 cm³/mol. The lowest BCUT2D eigenvalue weighted by Gasteiger charge is -2.12. The van der Waals surface area contributed by atoms with Crippen LogP contribution in [-0.2, 0) is 9.84 Å². The number of nitrogens with zero attached hydrogens (tertiary/aromatic N) is 1. The summed E-state index contributed by atoms with van der Waals surface area (Å²) in [6.45, 7) is 0. The summed E-state index contributed by atoms with van der Waals surface area (Å²) in [5.74, 6) is -0.804. The van der Waals surface area contributed by atoms with E-state index in [-0.39, 0.29) is 26.8 Å². The Morgan fingerprint density at radius 3 is 2.40 bits per heavy atom. The maximum atomic E-state index is 12.0. The lowest BCUT2D eigenvalue weighted by molar-refractivity contribution is 0.100. The van der Waals surface area contributed by atoms with Crippen molar-refractivity contribution in [1.29, 1.82) is 0 Å². The van der Waals surface area contributed by atoms with Gasteiger partial charge in [-0.3, -0.25) is 4.79 Å². The number of aliphatic imine (C=N–C) groups is 1. The number of carbonyl (C=O) groups is 1. The standard InChI is InChI=1S/C12H14BrN3O3S/c1-20(18,19)10-7(6-2-3-6)4-5-8(9(10)13)11(17)16-12(14)15/h4-6H,2-3H2,1H3,(H4,14,15,16,17). The van der Waals surface area contributed by atoms with Crippen molar-refractivity contribution in [2.24, 2.45) is 16.5 Å². The van der Waals surface area contributed by atoms with E-state index in [1.54, 1.807) is 12.1 Å². The van der Waals surface area contributed by atoms with Crippen LogP contribution in [0.5, 0.6) is 0 Å². The zero-order valence-corrected chi connectivity index (χ0v) is 13.2. The second-order valence-electron chi connectivity index (χ2n) is 4.73. The van der Waals surface area contributed by atoms with E-state index in [4.69, 9.17) is 11.5 Å². The monoisotopic (exact) mass is 359 g/mol. The minimum absolute atomic E-state index is 0.128. The van der Waals surface area contributed by atoms with Crippen LogP contribution < -0.4 is 11.5 Å². The van der Waals surface area contributed by atoms with Crippen molar-refractivity contribution < 1.29 is 13.2 Å². The number of carbonyl (C=O) groups excluding carboxylic acids is 1. The molecule has 6 nitrogen and oxygen atoms in total. The third-order valence-corrected chi connectivity index (χ3v) is 5.24. The highest BCUT2D eigenvalue weighted by Crippen LogP contribution is 2.45. The van der Waals surface area contributed by atoms with E-state index < -0.39 is 15.7 Å². The molecule has 1 saturated carbocycles. The van der Waals surface area contributed by atoms with Crippen LogP contribution in [0.15, 0.2) is 26.5 Å². The molecule has 1 fully saturated rings. The molecular weight excluding hydrogens is 346 g/mol. The maximum absolute atomic E-state index is 12.0. The average molecular weight is 360 g/mol. The first-order valence-electron chi connectivity index (χ1n) is 5.88. The van der Waals surface area contributed by atoms with Crippen molar-refractivity contribution >= 4 is 37.6 Å². The Kier molecular flexibility index (Phi) is 3.88. The van der Waals surface area contributed by atoms with Gasteiger partial charge in [0.05, 0.1) is 10.5 Å². The molecule has 20 heavy (non-hydrogen) atoms. The molecule has 1 amide bonds. The summed E-state index contributed by atoms with van der Waals surface area (Å²) < 4.78 is 24.2. The van der Waals surface area contributed by atoms with E-state index in [0.717, 1.165) is 24.7 Å². The number of sulfone groups is 1. The molecule has 1 aliphatic rings. The molecule has 0 radical (unpaired) electrons. The summed E-state index contributed by atoms with van der Waals surface area (Å²) in [5.41, 5.74) is 11.2. The van der Waals surface area contributed by atoms with Crippen molar-refractivity contribution in [2.75, 3.05) is 6.26 Å². The van der Waals surface area contributed by atoms with Crippen molar-refractivity contribution in [1.82, 2.24) is 0 Å². The highest BCUT2D eigenvalue weighted by atomic mass is 79.9. The van der Waals surface area contributed by atoms with Crippen molar-refractivity contribution in [3.05, 3.63) is 27.7 Å². The number of rotatable bonds is 3. The third-order valence-electron chi connectivity index (χ3n) is 2.98. The lowest BCUT2D eigenvalue weighted by Crippen LogP contribution is -2.24. The van der Waals surface area contributed by atoms with E-state index in [1.165, 1.54) is 0 Å². The fraction of sp³-hybridized carbons (Fsp3) is 0.333. The van der Waals surface area contributed by atoms with Crippen LogP contribution >= 0.6 is 15.9 Å². The maximum Gasteiger partial charge on any atom is 0.281 e. The van der Waals surface area contributed by atoms with Gasteiger partial charge < -0.3 is 11.5 Å². The van der Waals surface area contributed by atoms with Gasteiger partial charge in [0, 0.05) is 10.7 Å². The molecule has 108 valence electrons. The van der Waals surface area contributed by atoms with Gasteiger partial charge in [-0.05, 0) is 46.3 Å². The van der Waals surface area contributed by atoms with Crippen molar-refractivity contribution in [3.8, 4) is 0 Å². The van der Waals surface area contributed by atoms with Crippen LogP contribution in [0.1, 0.15) is 34.7 Å². The molecule has 1 aromatic rings. The molecule has 0 saturated heterocycles. The number of hydrogen-bond acceptors (Lipinski definition) is 3. The molecule has 0 aromatic heterocycles. The highest BCUT2D eigenvalue weighted by Gasteiger charge is 2.32. The van der Waals surface area contributed by atoms with E-state index in [9.17, 15) is 13.2 Å². The van der Waals surface area contributed by atoms with Crippen LogP contribution in [0, 0.1) is 0 Å². The van der Waals surface area contributed by atoms with Crippen LogP contribution in [0.2, 0.25) is 0 Å². The van der Waals surface area contributed by atoms with Gasteiger partial charge in [0.15, 0.2) is 15.8 Å². The summed E-state index contributed by atoms with van der Waals surface area (Å²) in [7, 11) is -3.46. The second kappa shape index (κ2) is 5.17. The molecule has 8 heteroatoms. The number of amides is 1. The van der Waals surface area contributed by atoms with Gasteiger partial charge in [-0.25, -0.2) is 8.42 Å². The van der Waals surface area contributed by atoms with Gasteiger partial charge in [-0.2, -0.15) is 4.99 Å². The number of halogens is 1. The Morgan fingerprint density at radius 1 is 1.35 bits per heavy atom. The minimum atomic E-state index is -3.46. The third kappa shape index (κ3) is 3.01. The molecule has 0 aliphatic heterocycles. The van der Waals surface area contributed by atoms with Gasteiger partial charge in [-0.15, -0.1) is 0 Å². The van der Waals surface area contributed by atoms with Gasteiger partial charge in [-0.1, -0.05) is 6.07 Å². The first kappa shape index (κ1) is 15.0. The lowest BCUT2D eigenvalue weighted by atomic mass is 10.1. The molecule has 0 heterocycles. The Labute approximate surface area is 125 Å². The van der Waals surface area contributed by atoms with Gasteiger partial charge >= 0.3 is 0 Å². The van der Waals surface area contributed by atoms with E-state index in [2.05, 4.69) is 20.9 Å². The van der Waals surface area contributed by atoms with E-state index in [1.807, 2.05) is 0 Å². The number of guanidine groups is 1. The van der Waals surface area contributed by atoms with Crippen LogP contribution in [0.3, 0.4) is 0 Å². The molecule has 0 spiro atoms. The number of nitrogens with two attached hydrogens (primary N) is 2. The first-order valence-corrected chi connectivity index (χ1v) is 8.56. The van der Waals surface area contributed by atoms with E-state index in [0.29, 0.717) is 0 Å². The Morgan fingerprint density at radius 2 is 1.95 bits per heavy atom. The molecule has 0 bridgehead atoms. The highest BCUT2D eigenvalue weighted by molar-refractivity contribution is 9.10. The first-order chi connectivity index (χ1) is 9.21. The van der Waals surface area contributed by atoms with Gasteiger partial charge in [0.25, 0.3) is 5.91 Å². The van der Waals surface area contributed by atoms with Gasteiger partial charge in [0.2, 0.25) is 0 Å². The minimum Gasteiger partial charge on any atom is -0.370 e. The molecule has 1 aliphatic carbocycles.